The molecule has 2 aromatic heterocycles. The minimum atomic E-state index is -0.252. The van der Waals surface area contributed by atoms with E-state index in [-0.39, 0.29) is 5.82 Å². The van der Waals surface area contributed by atoms with E-state index in [1.165, 1.54) is 34.4 Å². The molecular weight excluding hydrogens is 409 g/mol. The van der Waals surface area contributed by atoms with Crippen LogP contribution in [0.15, 0.2) is 67.3 Å². The van der Waals surface area contributed by atoms with Gasteiger partial charge >= 0.3 is 0 Å². The average Bonchev–Trinajstić information content (AvgIpc) is 3.33. The molecule has 0 amide bonds. The second-order valence-corrected chi connectivity index (χ2v) is 9.61. The topological polar surface area (TPSA) is 30.7 Å². The van der Waals surface area contributed by atoms with E-state index in [0.717, 1.165) is 22.6 Å². The highest BCUT2D eigenvalue weighted by Crippen LogP contribution is 2.40. The lowest BCUT2D eigenvalue weighted by Gasteiger charge is -2.24. The van der Waals surface area contributed by atoms with Gasteiger partial charge in [0, 0.05) is 18.0 Å². The zero-order chi connectivity index (χ0) is 23.7. The lowest BCUT2D eigenvalue weighted by atomic mass is 9.81. The summed E-state index contributed by atoms with van der Waals surface area (Å²) in [6, 6.07) is 15.5. The Balaban J connectivity index is 2.03. The molecule has 0 radical (unpaired) electrons. The van der Waals surface area contributed by atoms with Crippen molar-refractivity contribution in [1.82, 2.24) is 14.5 Å². The third kappa shape index (κ3) is 4.75. The SMILES string of the molecule is CC(C)c1cc(C(C)C)c(-c2cc(-c3ccc(F)cc3)nc(-n3ccnc3)c2)c(C(C)C)c1. The van der Waals surface area contributed by atoms with Crippen LogP contribution in [0.1, 0.15) is 76.0 Å². The number of hydrogen-bond acceptors (Lipinski definition) is 2. The van der Waals surface area contributed by atoms with E-state index in [4.69, 9.17) is 4.98 Å². The fraction of sp³-hybridized carbons (Fsp3) is 0.310. The number of nitrogens with zero attached hydrogens (tertiary/aromatic N) is 3. The second-order valence-electron chi connectivity index (χ2n) is 9.61. The predicted molar refractivity (Wildman–Crippen MR) is 134 cm³/mol. The maximum absolute atomic E-state index is 13.6. The van der Waals surface area contributed by atoms with Crippen molar-refractivity contribution in [3.8, 4) is 28.2 Å². The highest BCUT2D eigenvalue weighted by molar-refractivity contribution is 5.78. The molecule has 0 bridgehead atoms. The quantitative estimate of drug-likeness (QED) is 0.302. The van der Waals surface area contributed by atoms with Crippen molar-refractivity contribution in [2.75, 3.05) is 0 Å². The van der Waals surface area contributed by atoms with E-state index in [9.17, 15) is 4.39 Å². The average molecular weight is 442 g/mol. The summed E-state index contributed by atoms with van der Waals surface area (Å²) in [5, 5.41) is 0. The van der Waals surface area contributed by atoms with Crippen LogP contribution in [0.2, 0.25) is 0 Å². The van der Waals surface area contributed by atoms with Crippen LogP contribution in [0, 0.1) is 5.82 Å². The summed E-state index contributed by atoms with van der Waals surface area (Å²) in [4.78, 5) is 9.11. The first-order chi connectivity index (χ1) is 15.7. The maximum Gasteiger partial charge on any atom is 0.139 e. The van der Waals surface area contributed by atoms with Gasteiger partial charge < -0.3 is 0 Å². The first-order valence-electron chi connectivity index (χ1n) is 11.7. The van der Waals surface area contributed by atoms with E-state index in [1.54, 1.807) is 24.7 Å². The van der Waals surface area contributed by atoms with Crippen molar-refractivity contribution in [3.63, 3.8) is 0 Å². The summed E-state index contributed by atoms with van der Waals surface area (Å²) in [7, 11) is 0. The predicted octanol–water partition coefficient (Wildman–Crippen LogP) is 8.11. The lowest BCUT2D eigenvalue weighted by molar-refractivity contribution is 0.628. The summed E-state index contributed by atoms with van der Waals surface area (Å²) in [5.74, 6) is 1.74. The molecule has 4 aromatic rings. The first-order valence-corrected chi connectivity index (χ1v) is 11.7. The zero-order valence-corrected chi connectivity index (χ0v) is 20.3. The second kappa shape index (κ2) is 9.30. The van der Waals surface area contributed by atoms with Crippen LogP contribution in [0.5, 0.6) is 0 Å². The molecule has 0 N–H and O–H groups in total. The Morgan fingerprint density at radius 1 is 0.758 bits per heavy atom. The molecule has 0 unspecified atom stereocenters. The molecule has 0 aliphatic heterocycles. The molecule has 170 valence electrons. The third-order valence-corrected chi connectivity index (χ3v) is 6.14. The van der Waals surface area contributed by atoms with E-state index < -0.39 is 0 Å². The largest absolute Gasteiger partial charge is 0.290 e. The van der Waals surface area contributed by atoms with Gasteiger partial charge in [0.15, 0.2) is 0 Å². The molecule has 0 fully saturated rings. The van der Waals surface area contributed by atoms with Crippen LogP contribution in [0.3, 0.4) is 0 Å². The van der Waals surface area contributed by atoms with E-state index in [1.807, 2.05) is 10.8 Å². The minimum Gasteiger partial charge on any atom is -0.290 e. The van der Waals surface area contributed by atoms with Gasteiger partial charge in [-0.15, -0.1) is 0 Å². The van der Waals surface area contributed by atoms with Crippen LogP contribution in [0.25, 0.3) is 28.2 Å². The Labute approximate surface area is 196 Å². The summed E-state index contributed by atoms with van der Waals surface area (Å²) in [6.07, 6.45) is 5.41. The molecule has 0 saturated heterocycles. The molecule has 4 heteroatoms. The molecule has 0 saturated carbocycles. The Kier molecular flexibility index (Phi) is 6.46. The molecule has 0 aliphatic rings. The Bertz CT molecular complexity index is 1210. The molecular formula is C29H32FN3. The van der Waals surface area contributed by atoms with E-state index in [2.05, 4.69) is 70.8 Å². The van der Waals surface area contributed by atoms with E-state index in [0.29, 0.717) is 17.8 Å². The fourth-order valence-electron chi connectivity index (χ4n) is 4.24. The Morgan fingerprint density at radius 3 is 1.91 bits per heavy atom. The van der Waals surface area contributed by atoms with Crippen LogP contribution in [-0.2, 0) is 0 Å². The molecule has 33 heavy (non-hydrogen) atoms. The van der Waals surface area contributed by atoms with Gasteiger partial charge in [-0.3, -0.25) is 4.57 Å². The Morgan fingerprint density at radius 2 is 1.39 bits per heavy atom. The van der Waals surface area contributed by atoms with Gasteiger partial charge in [-0.25, -0.2) is 14.4 Å². The molecule has 2 heterocycles. The normalized spacial score (nSPS) is 11.7. The van der Waals surface area contributed by atoms with Gasteiger partial charge in [-0.05, 0) is 82.0 Å². The molecule has 0 spiro atoms. The van der Waals surface area contributed by atoms with Crippen molar-refractivity contribution >= 4 is 0 Å². The Hall–Kier alpha value is -3.27. The van der Waals surface area contributed by atoms with Gasteiger partial charge in [0.05, 0.1) is 5.69 Å². The maximum atomic E-state index is 13.6. The summed E-state index contributed by atoms with van der Waals surface area (Å²) in [5.41, 5.74) is 8.15. The first kappa shape index (κ1) is 22.9. The van der Waals surface area contributed by atoms with Gasteiger partial charge in [0.25, 0.3) is 0 Å². The van der Waals surface area contributed by atoms with Gasteiger partial charge in [-0.2, -0.15) is 0 Å². The van der Waals surface area contributed by atoms with Crippen molar-refractivity contribution in [2.45, 2.75) is 59.3 Å². The summed E-state index contributed by atoms with van der Waals surface area (Å²) in [6.45, 7) is 13.5. The highest BCUT2D eigenvalue weighted by atomic mass is 19.1. The van der Waals surface area contributed by atoms with Crippen LogP contribution in [-0.4, -0.2) is 14.5 Å². The van der Waals surface area contributed by atoms with Gasteiger partial charge in [0.2, 0.25) is 0 Å². The smallest absolute Gasteiger partial charge is 0.139 e. The monoisotopic (exact) mass is 441 g/mol. The van der Waals surface area contributed by atoms with Gasteiger partial charge in [-0.1, -0.05) is 53.7 Å². The van der Waals surface area contributed by atoms with Crippen molar-refractivity contribution in [3.05, 3.63) is 89.8 Å². The molecule has 0 atom stereocenters. The van der Waals surface area contributed by atoms with Crippen LogP contribution >= 0.6 is 0 Å². The minimum absolute atomic E-state index is 0.252. The molecule has 0 aliphatic carbocycles. The molecule has 2 aromatic carbocycles. The van der Waals surface area contributed by atoms with Crippen LogP contribution < -0.4 is 0 Å². The number of rotatable bonds is 6. The van der Waals surface area contributed by atoms with Crippen molar-refractivity contribution < 1.29 is 4.39 Å². The number of hydrogen-bond donors (Lipinski definition) is 0. The third-order valence-electron chi connectivity index (χ3n) is 6.14. The number of halogens is 1. The lowest BCUT2D eigenvalue weighted by Crippen LogP contribution is -2.05. The number of imidazole rings is 1. The van der Waals surface area contributed by atoms with Crippen molar-refractivity contribution in [1.29, 1.82) is 0 Å². The van der Waals surface area contributed by atoms with Crippen LogP contribution in [0.4, 0.5) is 4.39 Å². The standard InChI is InChI=1S/C29H32FN3/c1-18(2)22-13-25(19(3)4)29(26(14-22)20(5)6)23-15-27(21-7-9-24(30)10-8-21)32-28(16-23)33-12-11-31-17-33/h7-20H,1-6H3. The zero-order valence-electron chi connectivity index (χ0n) is 20.3. The summed E-state index contributed by atoms with van der Waals surface area (Å²) < 4.78 is 15.5. The summed E-state index contributed by atoms with van der Waals surface area (Å²) >= 11 is 0. The molecule has 4 rings (SSSR count). The fourth-order valence-corrected chi connectivity index (χ4v) is 4.24. The van der Waals surface area contributed by atoms with Gasteiger partial charge in [0.1, 0.15) is 18.0 Å². The number of aromatic nitrogens is 3. The number of pyridine rings is 1. The highest BCUT2D eigenvalue weighted by Gasteiger charge is 2.20. The van der Waals surface area contributed by atoms with E-state index >= 15 is 0 Å². The molecule has 3 nitrogen and oxygen atoms in total. The number of benzene rings is 2. The van der Waals surface area contributed by atoms with Crippen molar-refractivity contribution in [2.24, 2.45) is 0 Å².